The van der Waals surface area contributed by atoms with E-state index >= 15 is 0 Å². The Labute approximate surface area is 147 Å². The minimum absolute atomic E-state index is 0.375. The molecule has 0 spiro atoms. The van der Waals surface area contributed by atoms with Crippen molar-refractivity contribution in [2.75, 3.05) is 0 Å². The molecule has 1 fully saturated rings. The Balaban J connectivity index is 1.69. The van der Waals surface area contributed by atoms with Crippen molar-refractivity contribution in [3.63, 3.8) is 0 Å². The first-order chi connectivity index (χ1) is 11.2. The lowest BCUT2D eigenvalue weighted by Crippen LogP contribution is -2.41. The average Bonchev–Trinajstić information content (AvgIpc) is 3.16. The summed E-state index contributed by atoms with van der Waals surface area (Å²) in [6.07, 6.45) is 1.55. The molecule has 2 heterocycles. The van der Waals surface area contributed by atoms with Crippen LogP contribution in [0.25, 0.3) is 0 Å². The van der Waals surface area contributed by atoms with Gasteiger partial charge in [-0.25, -0.2) is 4.98 Å². The number of hydrogen-bond donors (Lipinski definition) is 1. The molecule has 1 saturated heterocycles. The Hall–Kier alpha value is -1.21. The number of benzene rings is 1. The van der Waals surface area contributed by atoms with E-state index in [1.54, 1.807) is 11.3 Å². The lowest BCUT2D eigenvalue weighted by atomic mass is 9.76. The van der Waals surface area contributed by atoms with Crippen LogP contribution in [0.1, 0.15) is 50.3 Å². The Bertz CT molecular complexity index is 772. The molecule has 1 aromatic carbocycles. The lowest BCUT2D eigenvalue weighted by Gasteiger charge is -2.32. The quantitative estimate of drug-likeness (QED) is 0.852. The third-order valence-electron chi connectivity index (χ3n) is 5.64. The molecule has 6 heteroatoms. The molecule has 4 nitrogen and oxygen atoms in total. The van der Waals surface area contributed by atoms with Gasteiger partial charge in [0, 0.05) is 4.88 Å². The van der Waals surface area contributed by atoms with Crippen LogP contribution in [0, 0.1) is 0 Å². The first-order valence-electron chi connectivity index (χ1n) is 8.34. The molecule has 2 aliphatic rings. The minimum atomic E-state index is -1.00. The van der Waals surface area contributed by atoms with E-state index in [9.17, 15) is 5.11 Å². The van der Waals surface area contributed by atoms with Gasteiger partial charge in [-0.3, -0.25) is 0 Å². The van der Waals surface area contributed by atoms with Gasteiger partial charge in [0.05, 0.1) is 22.4 Å². The van der Waals surface area contributed by atoms with E-state index in [1.807, 2.05) is 57.5 Å². The second kappa shape index (κ2) is 5.15. The van der Waals surface area contributed by atoms with Crippen molar-refractivity contribution in [1.82, 2.24) is 4.98 Å². The molecule has 24 heavy (non-hydrogen) atoms. The number of hydrogen-bond acceptors (Lipinski definition) is 5. The SMILES string of the molecule is CC1(C)OB(c2cccc([C@@]3(O)CCc4scnc43)c2)OC1(C)C. The van der Waals surface area contributed by atoms with E-state index < -0.39 is 12.7 Å². The molecule has 0 bridgehead atoms. The molecule has 1 aromatic heterocycles. The van der Waals surface area contributed by atoms with Crippen molar-refractivity contribution in [3.05, 3.63) is 45.9 Å². The highest BCUT2D eigenvalue weighted by molar-refractivity contribution is 7.09. The summed E-state index contributed by atoms with van der Waals surface area (Å²) >= 11 is 1.62. The number of fused-ring (bicyclic) bond motifs is 1. The third-order valence-corrected chi connectivity index (χ3v) is 6.53. The maximum atomic E-state index is 11.2. The van der Waals surface area contributed by atoms with Gasteiger partial charge >= 0.3 is 7.12 Å². The topological polar surface area (TPSA) is 51.6 Å². The van der Waals surface area contributed by atoms with Crippen molar-refractivity contribution >= 4 is 23.9 Å². The van der Waals surface area contributed by atoms with Crippen LogP contribution >= 0.6 is 11.3 Å². The fraction of sp³-hybridized carbons (Fsp3) is 0.500. The first kappa shape index (κ1) is 16.3. The molecule has 0 radical (unpaired) electrons. The number of aromatic nitrogens is 1. The van der Waals surface area contributed by atoms with Gasteiger partial charge in [-0.05, 0) is 51.6 Å². The van der Waals surface area contributed by atoms with Crippen molar-refractivity contribution < 1.29 is 14.4 Å². The zero-order chi connectivity index (χ0) is 17.2. The van der Waals surface area contributed by atoms with Crippen molar-refractivity contribution in [3.8, 4) is 0 Å². The van der Waals surface area contributed by atoms with Crippen LogP contribution in [0.15, 0.2) is 29.8 Å². The number of rotatable bonds is 2. The van der Waals surface area contributed by atoms with Gasteiger partial charge in [-0.15, -0.1) is 11.3 Å². The maximum Gasteiger partial charge on any atom is 0.494 e. The van der Waals surface area contributed by atoms with Crippen LogP contribution < -0.4 is 5.46 Å². The zero-order valence-corrected chi connectivity index (χ0v) is 15.3. The van der Waals surface area contributed by atoms with Gasteiger partial charge in [0.1, 0.15) is 5.60 Å². The van der Waals surface area contributed by atoms with Crippen LogP contribution in [0.5, 0.6) is 0 Å². The van der Waals surface area contributed by atoms with E-state index in [1.165, 1.54) is 4.88 Å². The highest BCUT2D eigenvalue weighted by Crippen LogP contribution is 2.43. The Morgan fingerprint density at radius 3 is 2.58 bits per heavy atom. The van der Waals surface area contributed by atoms with Gasteiger partial charge < -0.3 is 14.4 Å². The normalized spacial score (nSPS) is 27.5. The average molecular weight is 343 g/mol. The van der Waals surface area contributed by atoms with E-state index in [4.69, 9.17) is 9.31 Å². The van der Waals surface area contributed by atoms with Crippen LogP contribution in [-0.4, -0.2) is 28.4 Å². The fourth-order valence-corrected chi connectivity index (χ4v) is 4.24. The molecule has 0 amide bonds. The summed E-state index contributed by atoms with van der Waals surface area (Å²) in [4.78, 5) is 5.58. The molecule has 1 N–H and O–H groups in total. The standard InChI is InChI=1S/C18H22BNO3S/c1-16(2)17(3,4)23-19(22-16)13-7-5-6-12(10-13)18(21)9-8-14-15(18)20-11-24-14/h5-7,10-11,21H,8-9H2,1-4H3/t18-/m0/s1. The molecule has 4 rings (SSSR count). The van der Waals surface area contributed by atoms with Gasteiger partial charge in [-0.2, -0.15) is 0 Å². The molecular formula is C18H22BNO3S. The highest BCUT2D eigenvalue weighted by Gasteiger charge is 2.52. The second-order valence-electron chi connectivity index (χ2n) is 7.70. The predicted octanol–water partition coefficient (Wildman–Crippen LogP) is 2.62. The van der Waals surface area contributed by atoms with Crippen LogP contribution in [0.3, 0.4) is 0 Å². The molecule has 1 aliphatic heterocycles. The number of aliphatic hydroxyl groups is 1. The number of aryl methyl sites for hydroxylation is 1. The zero-order valence-electron chi connectivity index (χ0n) is 14.5. The predicted molar refractivity (Wildman–Crippen MR) is 95.6 cm³/mol. The fourth-order valence-electron chi connectivity index (χ4n) is 3.40. The first-order valence-corrected chi connectivity index (χ1v) is 9.22. The van der Waals surface area contributed by atoms with Gasteiger partial charge in [0.25, 0.3) is 0 Å². The minimum Gasteiger partial charge on any atom is -0.399 e. The number of thiazole rings is 1. The van der Waals surface area contributed by atoms with Gasteiger partial charge in [-0.1, -0.05) is 24.3 Å². The monoisotopic (exact) mass is 343 g/mol. The molecule has 0 saturated carbocycles. The summed E-state index contributed by atoms with van der Waals surface area (Å²) in [6, 6.07) is 7.91. The van der Waals surface area contributed by atoms with Crippen LogP contribution in [0.2, 0.25) is 0 Å². The van der Waals surface area contributed by atoms with Gasteiger partial charge in [0.2, 0.25) is 0 Å². The van der Waals surface area contributed by atoms with Crippen LogP contribution in [-0.2, 0) is 21.3 Å². The lowest BCUT2D eigenvalue weighted by molar-refractivity contribution is 0.00578. The second-order valence-corrected chi connectivity index (χ2v) is 8.64. The molecule has 0 unspecified atom stereocenters. The Morgan fingerprint density at radius 1 is 1.17 bits per heavy atom. The Kier molecular flexibility index (Phi) is 3.49. The van der Waals surface area contributed by atoms with Crippen molar-refractivity contribution in [2.24, 2.45) is 0 Å². The summed E-state index contributed by atoms with van der Waals surface area (Å²) in [5.41, 5.74) is 2.66. The molecule has 2 aromatic rings. The Morgan fingerprint density at radius 2 is 1.88 bits per heavy atom. The summed E-state index contributed by atoms with van der Waals surface area (Å²) in [7, 11) is -0.421. The maximum absolute atomic E-state index is 11.2. The van der Waals surface area contributed by atoms with Crippen LogP contribution in [0.4, 0.5) is 0 Å². The highest BCUT2D eigenvalue weighted by atomic mass is 32.1. The summed E-state index contributed by atoms with van der Waals surface area (Å²) < 4.78 is 12.3. The van der Waals surface area contributed by atoms with Crippen molar-refractivity contribution in [1.29, 1.82) is 0 Å². The smallest absolute Gasteiger partial charge is 0.399 e. The summed E-state index contributed by atoms with van der Waals surface area (Å²) in [6.45, 7) is 8.18. The molecular weight excluding hydrogens is 321 g/mol. The summed E-state index contributed by atoms with van der Waals surface area (Å²) in [5, 5.41) is 11.2. The van der Waals surface area contributed by atoms with Gasteiger partial charge in [0.15, 0.2) is 0 Å². The van der Waals surface area contributed by atoms with E-state index in [-0.39, 0.29) is 11.2 Å². The molecule has 1 aliphatic carbocycles. The number of nitrogens with zero attached hydrogens (tertiary/aromatic N) is 1. The molecule has 1 atom stereocenters. The van der Waals surface area contributed by atoms with E-state index in [0.29, 0.717) is 6.42 Å². The summed E-state index contributed by atoms with van der Waals surface area (Å²) in [5.74, 6) is 0. The molecule has 126 valence electrons. The third kappa shape index (κ3) is 2.28. The van der Waals surface area contributed by atoms with Crippen molar-refractivity contribution in [2.45, 2.75) is 57.3 Å². The van der Waals surface area contributed by atoms with E-state index in [2.05, 4.69) is 4.98 Å². The largest absolute Gasteiger partial charge is 0.494 e. The van der Waals surface area contributed by atoms with E-state index in [0.717, 1.165) is 23.1 Å².